The van der Waals surface area contributed by atoms with Crippen molar-refractivity contribution in [2.75, 3.05) is 7.11 Å². The Morgan fingerprint density at radius 3 is 2.52 bits per heavy atom. The lowest BCUT2D eigenvalue weighted by Crippen LogP contribution is -2.12. The third-order valence-corrected chi connectivity index (χ3v) is 3.58. The number of nitrogens with two attached hydrogens (primary N) is 1. The van der Waals surface area contributed by atoms with E-state index in [-0.39, 0.29) is 5.84 Å². The molecule has 0 saturated heterocycles. The zero-order chi connectivity index (χ0) is 15.4. The van der Waals surface area contributed by atoms with Crippen LogP contribution in [-0.2, 0) is 6.42 Å². The maximum Gasteiger partial charge on any atom is 0.169 e. The second-order valence-electron chi connectivity index (χ2n) is 4.49. The molecule has 0 bridgehead atoms. The maximum atomic E-state index is 7.63. The fraction of sp³-hybridized carbons (Fsp3) is 0.188. The summed E-state index contributed by atoms with van der Waals surface area (Å²) in [6.07, 6.45) is 0.923. The van der Waals surface area contributed by atoms with Crippen molar-refractivity contribution in [3.63, 3.8) is 0 Å². The van der Waals surface area contributed by atoms with Gasteiger partial charge in [0.25, 0.3) is 0 Å². The van der Waals surface area contributed by atoms with Crippen molar-refractivity contribution in [2.24, 2.45) is 5.73 Å². The van der Waals surface area contributed by atoms with Gasteiger partial charge in [0.15, 0.2) is 11.5 Å². The summed E-state index contributed by atoms with van der Waals surface area (Å²) in [5, 5.41) is 7.63. The summed E-state index contributed by atoms with van der Waals surface area (Å²) in [6.45, 7) is 2.08. The van der Waals surface area contributed by atoms with E-state index in [9.17, 15) is 0 Å². The lowest BCUT2D eigenvalue weighted by molar-refractivity contribution is 0.378. The van der Waals surface area contributed by atoms with Gasteiger partial charge in [-0.1, -0.05) is 28.9 Å². The summed E-state index contributed by atoms with van der Waals surface area (Å²) in [7, 11) is 1.61. The van der Waals surface area contributed by atoms with Gasteiger partial charge in [0, 0.05) is 4.47 Å². The molecule has 0 aromatic heterocycles. The number of nitrogen functional groups attached to an aromatic ring is 1. The van der Waals surface area contributed by atoms with E-state index in [1.165, 1.54) is 5.56 Å². The summed E-state index contributed by atoms with van der Waals surface area (Å²) < 4.78 is 12.1. The summed E-state index contributed by atoms with van der Waals surface area (Å²) in [5.41, 5.74) is 7.30. The Morgan fingerprint density at radius 1 is 1.14 bits per heavy atom. The molecule has 0 aliphatic carbocycles. The Labute approximate surface area is 132 Å². The molecule has 2 aromatic carbocycles. The highest BCUT2D eigenvalue weighted by atomic mass is 79.9. The monoisotopic (exact) mass is 348 g/mol. The van der Waals surface area contributed by atoms with Gasteiger partial charge in [0.2, 0.25) is 0 Å². The molecule has 0 radical (unpaired) electrons. The van der Waals surface area contributed by atoms with Crippen molar-refractivity contribution < 1.29 is 9.47 Å². The number of hydrogen-bond acceptors (Lipinski definition) is 3. The van der Waals surface area contributed by atoms with Crippen molar-refractivity contribution >= 4 is 21.8 Å². The Kier molecular flexibility index (Phi) is 4.85. The van der Waals surface area contributed by atoms with E-state index < -0.39 is 0 Å². The van der Waals surface area contributed by atoms with Crippen molar-refractivity contribution in [1.29, 1.82) is 5.41 Å². The molecule has 0 saturated carbocycles. The zero-order valence-corrected chi connectivity index (χ0v) is 13.5. The number of rotatable bonds is 5. The average molecular weight is 349 g/mol. The predicted octanol–water partition coefficient (Wildman–Crippen LogP) is 4.10. The largest absolute Gasteiger partial charge is 0.493 e. The summed E-state index contributed by atoms with van der Waals surface area (Å²) >= 11 is 3.39. The molecule has 2 aromatic rings. The summed E-state index contributed by atoms with van der Waals surface area (Å²) in [6, 6.07) is 11.1. The summed E-state index contributed by atoms with van der Waals surface area (Å²) in [4.78, 5) is 0. The van der Waals surface area contributed by atoms with E-state index in [4.69, 9.17) is 20.6 Å². The maximum absolute atomic E-state index is 7.63. The van der Waals surface area contributed by atoms with Gasteiger partial charge in [-0.25, -0.2) is 0 Å². The average Bonchev–Trinajstić information content (AvgIpc) is 2.47. The predicted molar refractivity (Wildman–Crippen MR) is 87.6 cm³/mol. The Hall–Kier alpha value is -2.01. The van der Waals surface area contributed by atoms with Gasteiger partial charge in [0.05, 0.1) is 12.7 Å². The third kappa shape index (κ3) is 3.55. The minimum Gasteiger partial charge on any atom is -0.493 e. The van der Waals surface area contributed by atoms with Crippen LogP contribution in [0.5, 0.6) is 17.2 Å². The van der Waals surface area contributed by atoms with E-state index in [2.05, 4.69) is 22.9 Å². The molecule has 0 heterocycles. The number of aryl methyl sites for hydroxylation is 1. The highest BCUT2D eigenvalue weighted by Gasteiger charge is 2.12. The fourth-order valence-corrected chi connectivity index (χ4v) is 2.28. The van der Waals surface area contributed by atoms with Crippen LogP contribution in [0.15, 0.2) is 40.9 Å². The van der Waals surface area contributed by atoms with Crippen LogP contribution in [0.1, 0.15) is 18.1 Å². The van der Waals surface area contributed by atoms with Crippen LogP contribution in [0.3, 0.4) is 0 Å². The molecule has 5 heteroatoms. The molecular weight excluding hydrogens is 332 g/mol. The molecule has 0 aliphatic rings. The molecule has 3 N–H and O–H groups in total. The second kappa shape index (κ2) is 6.63. The number of halogens is 1. The lowest BCUT2D eigenvalue weighted by atomic mass is 10.1. The van der Waals surface area contributed by atoms with Gasteiger partial charge in [-0.3, -0.25) is 5.41 Å². The van der Waals surface area contributed by atoms with Gasteiger partial charge in [0.1, 0.15) is 11.6 Å². The van der Waals surface area contributed by atoms with E-state index in [0.29, 0.717) is 22.8 Å². The topological polar surface area (TPSA) is 68.3 Å². The first kappa shape index (κ1) is 15.4. The van der Waals surface area contributed by atoms with Crippen LogP contribution in [0.4, 0.5) is 0 Å². The first-order valence-corrected chi connectivity index (χ1v) is 7.33. The Morgan fingerprint density at radius 2 is 1.90 bits per heavy atom. The molecule has 0 aliphatic heterocycles. The lowest BCUT2D eigenvalue weighted by Gasteiger charge is -2.14. The molecule has 0 fully saturated rings. The van der Waals surface area contributed by atoms with Crippen LogP contribution >= 0.6 is 15.9 Å². The number of benzene rings is 2. The van der Waals surface area contributed by atoms with Crippen LogP contribution in [0, 0.1) is 5.41 Å². The highest BCUT2D eigenvalue weighted by Crippen LogP contribution is 2.35. The standard InChI is InChI=1S/C16H17BrN2O2/c1-3-10-4-7-13(15(8-10)20-2)21-14-9-11(17)5-6-12(14)16(18)19/h4-9H,3H2,1-2H3,(H3,18,19). The van der Waals surface area contributed by atoms with Crippen LogP contribution < -0.4 is 15.2 Å². The molecule has 0 unspecified atom stereocenters. The number of amidine groups is 1. The fourth-order valence-electron chi connectivity index (χ4n) is 1.94. The van der Waals surface area contributed by atoms with Crippen LogP contribution in [0.25, 0.3) is 0 Å². The Bertz CT molecular complexity index is 671. The molecule has 0 amide bonds. The Balaban J connectivity index is 2.42. The normalized spacial score (nSPS) is 10.2. The van der Waals surface area contributed by atoms with Gasteiger partial charge < -0.3 is 15.2 Å². The van der Waals surface area contributed by atoms with Crippen molar-refractivity contribution in [1.82, 2.24) is 0 Å². The number of ether oxygens (including phenoxy) is 2. The third-order valence-electron chi connectivity index (χ3n) is 3.09. The minimum absolute atomic E-state index is 0.0401. The first-order valence-electron chi connectivity index (χ1n) is 6.54. The number of nitrogens with one attached hydrogen (secondary N) is 1. The zero-order valence-electron chi connectivity index (χ0n) is 11.9. The van der Waals surface area contributed by atoms with Crippen LogP contribution in [-0.4, -0.2) is 12.9 Å². The summed E-state index contributed by atoms with van der Waals surface area (Å²) in [5.74, 6) is 1.72. The molecule has 0 atom stereocenters. The molecule has 21 heavy (non-hydrogen) atoms. The molecule has 2 rings (SSSR count). The van der Waals surface area contributed by atoms with Gasteiger partial charge in [-0.05, 0) is 42.3 Å². The number of methoxy groups -OCH3 is 1. The van der Waals surface area contributed by atoms with E-state index in [0.717, 1.165) is 10.9 Å². The minimum atomic E-state index is -0.0401. The van der Waals surface area contributed by atoms with Crippen molar-refractivity contribution in [2.45, 2.75) is 13.3 Å². The highest BCUT2D eigenvalue weighted by molar-refractivity contribution is 9.10. The molecule has 4 nitrogen and oxygen atoms in total. The van der Waals surface area contributed by atoms with Gasteiger partial charge in [-0.2, -0.15) is 0 Å². The molecule has 0 spiro atoms. The van der Waals surface area contributed by atoms with E-state index in [1.807, 2.05) is 24.3 Å². The molecule has 110 valence electrons. The smallest absolute Gasteiger partial charge is 0.169 e. The van der Waals surface area contributed by atoms with E-state index in [1.54, 1.807) is 19.2 Å². The first-order chi connectivity index (χ1) is 10.0. The van der Waals surface area contributed by atoms with Crippen molar-refractivity contribution in [3.05, 3.63) is 52.0 Å². The quantitative estimate of drug-likeness (QED) is 0.631. The van der Waals surface area contributed by atoms with Crippen molar-refractivity contribution in [3.8, 4) is 17.2 Å². The van der Waals surface area contributed by atoms with Gasteiger partial charge >= 0.3 is 0 Å². The second-order valence-corrected chi connectivity index (χ2v) is 5.41. The number of hydrogen-bond donors (Lipinski definition) is 2. The van der Waals surface area contributed by atoms with Gasteiger partial charge in [-0.15, -0.1) is 0 Å². The SMILES string of the molecule is CCc1ccc(Oc2cc(Br)ccc2C(=N)N)c(OC)c1. The molecular formula is C16H17BrN2O2. The van der Waals surface area contributed by atoms with Crippen LogP contribution in [0.2, 0.25) is 0 Å². The van der Waals surface area contributed by atoms with E-state index >= 15 is 0 Å².